The molecule has 0 fully saturated rings. The first kappa shape index (κ1) is 18.5. The van der Waals surface area contributed by atoms with Crippen molar-refractivity contribution in [2.24, 2.45) is 23.7 Å². The van der Waals surface area contributed by atoms with Crippen LogP contribution in [-0.4, -0.2) is 12.5 Å². The van der Waals surface area contributed by atoms with Gasteiger partial charge in [-0.1, -0.05) is 54.4 Å². The van der Waals surface area contributed by atoms with E-state index in [4.69, 9.17) is 0 Å². The van der Waals surface area contributed by atoms with E-state index in [1.54, 1.807) is 0 Å². The van der Waals surface area contributed by atoms with Gasteiger partial charge in [0.2, 0.25) is 5.91 Å². The molecule has 0 aromatic heterocycles. The Balaban J connectivity index is 3.77. The number of hydrogen-bond acceptors (Lipinski definition) is 1. The Morgan fingerprint density at radius 2 is 1.42 bits per heavy atom. The molecule has 0 bridgehead atoms. The normalized spacial score (nSPS) is 11.9. The number of nitrogens with one attached hydrogen (secondary N) is 1. The summed E-state index contributed by atoms with van der Waals surface area (Å²) in [5.74, 6) is 2.74. The molecule has 19 heavy (non-hydrogen) atoms. The van der Waals surface area contributed by atoms with Crippen LogP contribution in [0.25, 0.3) is 0 Å². The highest BCUT2D eigenvalue weighted by molar-refractivity contribution is 5.77. The smallest absolute Gasteiger partial charge is 0.222 e. The van der Waals surface area contributed by atoms with E-state index in [1.165, 1.54) is 25.7 Å². The quantitative estimate of drug-likeness (QED) is 0.575. The van der Waals surface area contributed by atoms with Crippen molar-refractivity contribution in [1.82, 2.24) is 5.32 Å². The Bertz CT molecular complexity index is 223. The SMILES string of the molecule is CC(C)CC(CCCCNC(=O)C(C)C)CC(C)C. The molecular formula is C17H35NO. The Morgan fingerprint density at radius 1 is 0.895 bits per heavy atom. The lowest BCUT2D eigenvalue weighted by atomic mass is 9.86. The van der Waals surface area contributed by atoms with E-state index in [0.717, 1.165) is 30.7 Å². The standard InChI is InChI=1S/C17H35NO/c1-13(2)11-16(12-14(3)4)9-7-8-10-18-17(19)15(5)6/h13-16H,7-12H2,1-6H3,(H,18,19). The van der Waals surface area contributed by atoms with Gasteiger partial charge in [-0.05, 0) is 37.0 Å². The molecule has 0 heterocycles. The van der Waals surface area contributed by atoms with E-state index >= 15 is 0 Å². The number of rotatable bonds is 10. The average Bonchev–Trinajstić information content (AvgIpc) is 2.26. The monoisotopic (exact) mass is 269 g/mol. The first-order valence-electron chi connectivity index (χ1n) is 8.10. The summed E-state index contributed by atoms with van der Waals surface area (Å²) in [7, 11) is 0. The van der Waals surface area contributed by atoms with E-state index in [-0.39, 0.29) is 11.8 Å². The summed E-state index contributed by atoms with van der Waals surface area (Å²) in [4.78, 5) is 11.4. The second-order valence-electron chi connectivity index (χ2n) is 7.07. The molecular weight excluding hydrogens is 234 g/mol. The van der Waals surface area contributed by atoms with Gasteiger partial charge >= 0.3 is 0 Å². The molecule has 0 saturated heterocycles. The van der Waals surface area contributed by atoms with Crippen LogP contribution in [0.4, 0.5) is 0 Å². The van der Waals surface area contributed by atoms with Crippen molar-refractivity contribution in [2.75, 3.05) is 6.54 Å². The molecule has 0 aromatic carbocycles. The van der Waals surface area contributed by atoms with Gasteiger partial charge in [0.05, 0.1) is 0 Å². The molecule has 114 valence electrons. The Morgan fingerprint density at radius 3 is 1.84 bits per heavy atom. The van der Waals surface area contributed by atoms with Crippen LogP contribution in [0.1, 0.15) is 73.6 Å². The van der Waals surface area contributed by atoms with Crippen molar-refractivity contribution in [3.05, 3.63) is 0 Å². The molecule has 0 unspecified atom stereocenters. The van der Waals surface area contributed by atoms with E-state index in [9.17, 15) is 4.79 Å². The van der Waals surface area contributed by atoms with E-state index in [1.807, 2.05) is 13.8 Å². The van der Waals surface area contributed by atoms with Gasteiger partial charge in [0.25, 0.3) is 0 Å². The second kappa shape index (κ2) is 10.3. The maximum Gasteiger partial charge on any atom is 0.222 e. The van der Waals surface area contributed by atoms with Crippen molar-refractivity contribution in [1.29, 1.82) is 0 Å². The summed E-state index contributed by atoms with van der Waals surface area (Å²) in [6.45, 7) is 14.0. The summed E-state index contributed by atoms with van der Waals surface area (Å²) in [5, 5.41) is 3.00. The first-order valence-corrected chi connectivity index (χ1v) is 8.10. The Hall–Kier alpha value is -0.530. The van der Waals surface area contributed by atoms with E-state index < -0.39 is 0 Å². The van der Waals surface area contributed by atoms with Gasteiger partial charge in [0.1, 0.15) is 0 Å². The number of unbranched alkanes of at least 4 members (excludes halogenated alkanes) is 1. The van der Waals surface area contributed by atoms with Crippen molar-refractivity contribution < 1.29 is 4.79 Å². The molecule has 0 spiro atoms. The molecule has 0 aliphatic heterocycles. The van der Waals surface area contributed by atoms with E-state index in [2.05, 4.69) is 33.0 Å². The lowest BCUT2D eigenvalue weighted by Crippen LogP contribution is -2.28. The number of carbonyl (C=O) groups is 1. The minimum Gasteiger partial charge on any atom is -0.356 e. The summed E-state index contributed by atoms with van der Waals surface area (Å²) in [5.41, 5.74) is 0. The lowest BCUT2D eigenvalue weighted by Gasteiger charge is -2.21. The summed E-state index contributed by atoms with van der Waals surface area (Å²) >= 11 is 0. The zero-order valence-corrected chi connectivity index (χ0v) is 14.0. The van der Waals surface area contributed by atoms with Gasteiger partial charge in [0, 0.05) is 12.5 Å². The molecule has 0 aliphatic rings. The van der Waals surface area contributed by atoms with Crippen molar-refractivity contribution in [3.8, 4) is 0 Å². The third kappa shape index (κ3) is 11.0. The molecule has 1 N–H and O–H groups in total. The fraction of sp³-hybridized carbons (Fsp3) is 0.941. The van der Waals surface area contributed by atoms with Gasteiger partial charge < -0.3 is 5.32 Å². The Kier molecular flexibility index (Phi) is 9.99. The number of hydrogen-bond donors (Lipinski definition) is 1. The largest absolute Gasteiger partial charge is 0.356 e. The minimum atomic E-state index is 0.106. The van der Waals surface area contributed by atoms with Crippen molar-refractivity contribution in [3.63, 3.8) is 0 Å². The molecule has 0 rings (SSSR count). The summed E-state index contributed by atoms with van der Waals surface area (Å²) in [6, 6.07) is 0. The molecule has 0 saturated carbocycles. The predicted octanol–water partition coefficient (Wildman–Crippen LogP) is 4.64. The third-order valence-electron chi connectivity index (χ3n) is 3.47. The molecule has 0 aromatic rings. The van der Waals surface area contributed by atoms with Crippen LogP contribution in [0.2, 0.25) is 0 Å². The van der Waals surface area contributed by atoms with Gasteiger partial charge in [0.15, 0.2) is 0 Å². The lowest BCUT2D eigenvalue weighted by molar-refractivity contribution is -0.123. The van der Waals surface area contributed by atoms with Gasteiger partial charge in [-0.2, -0.15) is 0 Å². The second-order valence-corrected chi connectivity index (χ2v) is 7.07. The first-order chi connectivity index (χ1) is 8.82. The van der Waals surface area contributed by atoms with Crippen molar-refractivity contribution >= 4 is 5.91 Å². The van der Waals surface area contributed by atoms with E-state index in [0.29, 0.717) is 0 Å². The van der Waals surface area contributed by atoms with Crippen LogP contribution in [0.15, 0.2) is 0 Å². The average molecular weight is 269 g/mol. The topological polar surface area (TPSA) is 29.1 Å². The molecule has 0 atom stereocenters. The molecule has 2 nitrogen and oxygen atoms in total. The maximum atomic E-state index is 11.4. The number of amides is 1. The van der Waals surface area contributed by atoms with Gasteiger partial charge in [-0.3, -0.25) is 4.79 Å². The van der Waals surface area contributed by atoms with Crippen LogP contribution in [0, 0.1) is 23.7 Å². The highest BCUT2D eigenvalue weighted by Crippen LogP contribution is 2.24. The fourth-order valence-electron chi connectivity index (χ4n) is 2.64. The molecule has 2 heteroatoms. The zero-order chi connectivity index (χ0) is 14.8. The van der Waals surface area contributed by atoms with Crippen LogP contribution >= 0.6 is 0 Å². The fourth-order valence-corrected chi connectivity index (χ4v) is 2.64. The molecule has 0 radical (unpaired) electrons. The zero-order valence-electron chi connectivity index (χ0n) is 14.0. The number of carbonyl (C=O) groups excluding carboxylic acids is 1. The highest BCUT2D eigenvalue weighted by Gasteiger charge is 2.12. The molecule has 1 amide bonds. The third-order valence-corrected chi connectivity index (χ3v) is 3.47. The summed E-state index contributed by atoms with van der Waals surface area (Å²) in [6.07, 6.45) is 6.36. The van der Waals surface area contributed by atoms with Crippen LogP contribution in [-0.2, 0) is 4.79 Å². The maximum absolute atomic E-state index is 11.4. The predicted molar refractivity (Wildman–Crippen MR) is 84.1 cm³/mol. The van der Waals surface area contributed by atoms with Gasteiger partial charge in [-0.15, -0.1) is 0 Å². The van der Waals surface area contributed by atoms with Crippen LogP contribution in [0.5, 0.6) is 0 Å². The van der Waals surface area contributed by atoms with Crippen LogP contribution < -0.4 is 5.32 Å². The highest BCUT2D eigenvalue weighted by atomic mass is 16.1. The van der Waals surface area contributed by atoms with Gasteiger partial charge in [-0.25, -0.2) is 0 Å². The Labute approximate surface area is 120 Å². The molecule has 0 aliphatic carbocycles. The van der Waals surface area contributed by atoms with Crippen molar-refractivity contribution in [2.45, 2.75) is 73.6 Å². The summed E-state index contributed by atoms with van der Waals surface area (Å²) < 4.78 is 0. The van der Waals surface area contributed by atoms with Crippen LogP contribution in [0.3, 0.4) is 0 Å². The minimum absolute atomic E-state index is 0.106.